The number of rotatable bonds is 4. The summed E-state index contributed by atoms with van der Waals surface area (Å²) in [6.45, 7) is 5.74. The van der Waals surface area contributed by atoms with E-state index in [4.69, 9.17) is 0 Å². The van der Waals surface area contributed by atoms with Crippen LogP contribution >= 0.6 is 0 Å². The molecule has 0 aliphatic rings. The van der Waals surface area contributed by atoms with Crippen molar-refractivity contribution in [1.82, 2.24) is 0 Å². The fourth-order valence-electron chi connectivity index (χ4n) is 0.715. The smallest absolute Gasteiger partial charge is 0.00887 e. The van der Waals surface area contributed by atoms with Crippen molar-refractivity contribution in [2.75, 3.05) is 0 Å². The van der Waals surface area contributed by atoms with E-state index >= 15 is 0 Å². The van der Waals surface area contributed by atoms with Crippen LogP contribution in [-0.2, 0) is 0 Å². The number of hydrogen-bond donors (Lipinski definition) is 0. The second kappa shape index (κ2) is 8.30. The number of unbranched alkanes of at least 4 members (excludes halogenated alkanes) is 3. The van der Waals surface area contributed by atoms with Gasteiger partial charge in [0.25, 0.3) is 0 Å². The van der Waals surface area contributed by atoms with E-state index in [2.05, 4.69) is 25.3 Å². The lowest BCUT2D eigenvalue weighted by Crippen LogP contribution is -1.71. The highest BCUT2D eigenvalue weighted by Crippen LogP contribution is 1.98. The van der Waals surface area contributed by atoms with Crippen molar-refractivity contribution in [3.05, 3.63) is 12.7 Å². The molecule has 0 fully saturated rings. The molecule has 0 aliphatic carbocycles. The zero-order valence-corrected chi connectivity index (χ0v) is 6.82. The van der Waals surface area contributed by atoms with Gasteiger partial charge in [0.05, 0.1) is 0 Å². The Labute approximate surface area is 64.3 Å². The van der Waals surface area contributed by atoms with Crippen molar-refractivity contribution in [2.45, 2.75) is 39.0 Å². The highest BCUT2D eigenvalue weighted by molar-refractivity contribution is 4.97. The molecule has 0 saturated carbocycles. The average Bonchev–Trinajstić information content (AvgIpc) is 1.97. The zero-order chi connectivity index (χ0) is 7.66. The summed E-state index contributed by atoms with van der Waals surface area (Å²) < 4.78 is 0. The van der Waals surface area contributed by atoms with Crippen LogP contribution in [-0.4, -0.2) is 0 Å². The summed E-state index contributed by atoms with van der Waals surface area (Å²) in [6.07, 6.45) is 7.60. The van der Waals surface area contributed by atoms with Crippen LogP contribution in [0.2, 0.25) is 0 Å². The molecule has 0 atom stereocenters. The van der Waals surface area contributed by atoms with Crippen LogP contribution in [0, 0.1) is 11.8 Å². The lowest BCUT2D eigenvalue weighted by atomic mass is 10.2. The maximum atomic E-state index is 3.66. The molecule has 10 heavy (non-hydrogen) atoms. The molecule has 0 heterocycles. The van der Waals surface area contributed by atoms with E-state index in [1.807, 2.05) is 6.08 Å². The number of hydrogen-bond acceptors (Lipinski definition) is 0. The molecule has 56 valence electrons. The van der Waals surface area contributed by atoms with Gasteiger partial charge in [-0.05, 0) is 19.3 Å². The Kier molecular flexibility index (Phi) is 7.72. The van der Waals surface area contributed by atoms with Crippen LogP contribution in [0.4, 0.5) is 0 Å². The second-order valence-corrected chi connectivity index (χ2v) is 2.24. The second-order valence-electron chi connectivity index (χ2n) is 2.24. The third-order valence-corrected chi connectivity index (χ3v) is 1.26. The Morgan fingerprint density at radius 3 is 2.70 bits per heavy atom. The molecule has 0 N–H and O–H groups in total. The molecule has 0 bridgehead atoms. The summed E-state index contributed by atoms with van der Waals surface area (Å²) in [4.78, 5) is 0. The molecular weight excluding hydrogens is 120 g/mol. The lowest BCUT2D eigenvalue weighted by Gasteiger charge is -1.88. The molecular formula is C10H16. The average molecular weight is 136 g/mol. The molecule has 0 aromatic carbocycles. The molecule has 0 saturated heterocycles. The molecule has 0 rings (SSSR count). The Bertz CT molecular complexity index is 123. The molecule has 0 aromatic rings. The molecule has 0 amide bonds. The summed E-state index contributed by atoms with van der Waals surface area (Å²) >= 11 is 0. The van der Waals surface area contributed by atoms with E-state index in [0.29, 0.717) is 0 Å². The highest BCUT2D eigenvalue weighted by Gasteiger charge is 1.80. The molecule has 0 nitrogen and oxygen atoms in total. The molecule has 0 heteroatoms. The van der Waals surface area contributed by atoms with Crippen molar-refractivity contribution in [3.63, 3.8) is 0 Å². The highest BCUT2D eigenvalue weighted by atomic mass is 13.9. The van der Waals surface area contributed by atoms with Crippen molar-refractivity contribution in [3.8, 4) is 11.8 Å². The summed E-state index contributed by atoms with van der Waals surface area (Å²) in [6, 6.07) is 0. The first-order valence-corrected chi connectivity index (χ1v) is 3.98. The third kappa shape index (κ3) is 7.30. The van der Waals surface area contributed by atoms with Crippen LogP contribution in [0.15, 0.2) is 12.7 Å². The summed E-state index contributed by atoms with van der Waals surface area (Å²) in [5.74, 6) is 6.16. The minimum absolute atomic E-state index is 0.988. The van der Waals surface area contributed by atoms with E-state index in [1.54, 1.807) is 0 Å². The van der Waals surface area contributed by atoms with Crippen LogP contribution < -0.4 is 0 Å². The van der Waals surface area contributed by atoms with Gasteiger partial charge in [-0.15, -0.1) is 18.4 Å². The predicted octanol–water partition coefficient (Wildman–Crippen LogP) is 3.15. The van der Waals surface area contributed by atoms with E-state index in [-0.39, 0.29) is 0 Å². The van der Waals surface area contributed by atoms with Crippen LogP contribution in [0.25, 0.3) is 0 Å². The minimum atomic E-state index is 0.988. The fraction of sp³-hybridized carbons (Fsp3) is 0.600. The number of allylic oxidation sites excluding steroid dienone is 1. The Balaban J connectivity index is 2.97. The van der Waals surface area contributed by atoms with Gasteiger partial charge in [-0.25, -0.2) is 0 Å². The standard InChI is InChI=1S/C10H16/c1-3-5-7-9-10-8-6-4-2/h3H,1,4-5,7,9-10H2,2H3. The van der Waals surface area contributed by atoms with E-state index < -0.39 is 0 Å². The molecule has 0 aliphatic heterocycles. The van der Waals surface area contributed by atoms with Gasteiger partial charge in [-0.1, -0.05) is 13.0 Å². The van der Waals surface area contributed by atoms with Gasteiger partial charge in [-0.3, -0.25) is 0 Å². The quantitative estimate of drug-likeness (QED) is 0.316. The van der Waals surface area contributed by atoms with Crippen LogP contribution in [0.3, 0.4) is 0 Å². The third-order valence-electron chi connectivity index (χ3n) is 1.26. The normalized spacial score (nSPS) is 8.10. The van der Waals surface area contributed by atoms with Crippen molar-refractivity contribution in [1.29, 1.82) is 0 Å². The van der Waals surface area contributed by atoms with Gasteiger partial charge in [0, 0.05) is 12.8 Å². The minimum Gasteiger partial charge on any atom is -0.104 e. The van der Waals surface area contributed by atoms with E-state index in [1.165, 1.54) is 12.8 Å². The summed E-state index contributed by atoms with van der Waals surface area (Å²) in [5, 5.41) is 0. The van der Waals surface area contributed by atoms with Gasteiger partial charge in [0.2, 0.25) is 0 Å². The van der Waals surface area contributed by atoms with Crippen molar-refractivity contribution in [2.24, 2.45) is 0 Å². The maximum absolute atomic E-state index is 3.66. The SMILES string of the molecule is C=CCCCCC#CCC. The first kappa shape index (κ1) is 9.30. The van der Waals surface area contributed by atoms with Gasteiger partial charge in [0.1, 0.15) is 0 Å². The van der Waals surface area contributed by atoms with Crippen molar-refractivity contribution < 1.29 is 0 Å². The summed E-state index contributed by atoms with van der Waals surface area (Å²) in [5.41, 5.74) is 0. The fourth-order valence-corrected chi connectivity index (χ4v) is 0.715. The monoisotopic (exact) mass is 136 g/mol. The molecule has 0 unspecified atom stereocenters. The van der Waals surface area contributed by atoms with Crippen LogP contribution in [0.1, 0.15) is 39.0 Å². The van der Waals surface area contributed by atoms with Gasteiger partial charge in [0.15, 0.2) is 0 Å². The Morgan fingerprint density at radius 2 is 2.10 bits per heavy atom. The molecule has 0 spiro atoms. The zero-order valence-electron chi connectivity index (χ0n) is 6.82. The van der Waals surface area contributed by atoms with E-state index in [0.717, 1.165) is 19.3 Å². The summed E-state index contributed by atoms with van der Waals surface area (Å²) in [7, 11) is 0. The van der Waals surface area contributed by atoms with E-state index in [9.17, 15) is 0 Å². The first-order chi connectivity index (χ1) is 4.91. The van der Waals surface area contributed by atoms with Gasteiger partial charge in [-0.2, -0.15) is 0 Å². The van der Waals surface area contributed by atoms with Gasteiger partial charge >= 0.3 is 0 Å². The molecule has 0 aromatic heterocycles. The Hall–Kier alpha value is -0.700. The first-order valence-electron chi connectivity index (χ1n) is 3.98. The Morgan fingerprint density at radius 1 is 1.30 bits per heavy atom. The maximum Gasteiger partial charge on any atom is 0.00887 e. The molecule has 0 radical (unpaired) electrons. The van der Waals surface area contributed by atoms with Gasteiger partial charge < -0.3 is 0 Å². The van der Waals surface area contributed by atoms with Crippen molar-refractivity contribution >= 4 is 0 Å². The topological polar surface area (TPSA) is 0 Å². The van der Waals surface area contributed by atoms with Crippen LogP contribution in [0.5, 0.6) is 0 Å². The lowest BCUT2D eigenvalue weighted by molar-refractivity contribution is 0.772. The largest absolute Gasteiger partial charge is 0.104 e. The predicted molar refractivity (Wildman–Crippen MR) is 46.7 cm³/mol.